The Labute approximate surface area is 199 Å². The van der Waals surface area contributed by atoms with E-state index in [9.17, 15) is 18.0 Å². The van der Waals surface area contributed by atoms with Crippen molar-refractivity contribution in [3.05, 3.63) is 64.1 Å². The summed E-state index contributed by atoms with van der Waals surface area (Å²) in [6.45, 7) is 6.93. The second-order valence-corrected chi connectivity index (χ2v) is 10.9. The molecule has 0 saturated heterocycles. The SMILES string of the molecule is Cc1cccc(N(CC(=O)N(Cc2cccc(Br)c2)[C@@H](C)C(=O)NC(C)C)S(C)(=O)=O)c1. The zero-order chi connectivity index (χ0) is 24.1. The molecular formula is C23H30BrN3O4S. The minimum atomic E-state index is -3.73. The molecule has 2 aromatic carbocycles. The summed E-state index contributed by atoms with van der Waals surface area (Å²) in [5, 5.41) is 2.82. The highest BCUT2D eigenvalue weighted by Gasteiger charge is 2.30. The van der Waals surface area contributed by atoms with E-state index in [4.69, 9.17) is 0 Å². The van der Waals surface area contributed by atoms with E-state index in [2.05, 4.69) is 21.2 Å². The predicted molar refractivity (Wildman–Crippen MR) is 131 cm³/mol. The van der Waals surface area contributed by atoms with Gasteiger partial charge >= 0.3 is 0 Å². The fourth-order valence-electron chi connectivity index (χ4n) is 3.22. The van der Waals surface area contributed by atoms with Crippen LogP contribution >= 0.6 is 15.9 Å². The zero-order valence-electron chi connectivity index (χ0n) is 19.0. The van der Waals surface area contributed by atoms with Gasteiger partial charge in [0.2, 0.25) is 21.8 Å². The Morgan fingerprint density at radius 2 is 1.72 bits per heavy atom. The summed E-state index contributed by atoms with van der Waals surface area (Å²) in [6, 6.07) is 13.5. The van der Waals surface area contributed by atoms with Crippen LogP contribution in [0.3, 0.4) is 0 Å². The van der Waals surface area contributed by atoms with Crippen molar-refractivity contribution in [3.63, 3.8) is 0 Å². The average molecular weight is 524 g/mol. The number of carbonyl (C=O) groups excluding carboxylic acids is 2. The maximum absolute atomic E-state index is 13.4. The maximum atomic E-state index is 13.4. The van der Waals surface area contributed by atoms with Gasteiger partial charge in [-0.25, -0.2) is 8.42 Å². The lowest BCUT2D eigenvalue weighted by Crippen LogP contribution is -2.52. The third-order valence-electron chi connectivity index (χ3n) is 4.81. The first-order chi connectivity index (χ1) is 14.9. The minimum absolute atomic E-state index is 0.0902. The van der Waals surface area contributed by atoms with E-state index < -0.39 is 28.5 Å². The molecule has 0 radical (unpaired) electrons. The molecule has 0 aliphatic heterocycles. The average Bonchev–Trinajstić information content (AvgIpc) is 2.68. The number of carbonyl (C=O) groups is 2. The van der Waals surface area contributed by atoms with E-state index in [1.54, 1.807) is 25.1 Å². The van der Waals surface area contributed by atoms with E-state index in [1.165, 1.54) is 4.90 Å². The normalized spacial score (nSPS) is 12.3. The third kappa shape index (κ3) is 7.34. The largest absolute Gasteiger partial charge is 0.352 e. The molecule has 32 heavy (non-hydrogen) atoms. The number of halogens is 1. The van der Waals surface area contributed by atoms with E-state index >= 15 is 0 Å². The third-order valence-corrected chi connectivity index (χ3v) is 6.44. The molecule has 9 heteroatoms. The van der Waals surface area contributed by atoms with Crippen molar-refractivity contribution in [2.75, 3.05) is 17.1 Å². The van der Waals surface area contributed by atoms with Crippen LogP contribution in [0.2, 0.25) is 0 Å². The van der Waals surface area contributed by atoms with Crippen LogP contribution in [-0.4, -0.2) is 50.0 Å². The van der Waals surface area contributed by atoms with Gasteiger partial charge in [-0.05, 0) is 63.1 Å². The van der Waals surface area contributed by atoms with Crippen molar-refractivity contribution in [1.29, 1.82) is 0 Å². The smallest absolute Gasteiger partial charge is 0.244 e. The minimum Gasteiger partial charge on any atom is -0.352 e. The Morgan fingerprint density at radius 3 is 2.28 bits per heavy atom. The molecule has 0 fully saturated rings. The molecule has 2 amide bonds. The van der Waals surface area contributed by atoms with E-state index in [-0.39, 0.29) is 18.5 Å². The summed E-state index contributed by atoms with van der Waals surface area (Å²) >= 11 is 3.42. The molecule has 2 rings (SSSR count). The van der Waals surface area contributed by atoms with Gasteiger partial charge < -0.3 is 10.2 Å². The van der Waals surface area contributed by atoms with Crippen molar-refractivity contribution in [1.82, 2.24) is 10.2 Å². The molecule has 0 aromatic heterocycles. The Kier molecular flexibility index (Phi) is 8.86. The molecule has 0 aliphatic rings. The number of benzene rings is 2. The van der Waals surface area contributed by atoms with Crippen LogP contribution in [-0.2, 0) is 26.2 Å². The lowest BCUT2D eigenvalue weighted by molar-refractivity contribution is -0.139. The van der Waals surface area contributed by atoms with Gasteiger partial charge in [-0.2, -0.15) is 0 Å². The number of hydrogen-bond acceptors (Lipinski definition) is 4. The highest BCUT2D eigenvalue weighted by atomic mass is 79.9. The monoisotopic (exact) mass is 523 g/mol. The van der Waals surface area contributed by atoms with Crippen molar-refractivity contribution in [2.45, 2.75) is 46.3 Å². The summed E-state index contributed by atoms with van der Waals surface area (Å²) < 4.78 is 27.0. The zero-order valence-corrected chi connectivity index (χ0v) is 21.4. The van der Waals surface area contributed by atoms with Crippen LogP contribution < -0.4 is 9.62 Å². The van der Waals surface area contributed by atoms with E-state index in [0.29, 0.717) is 5.69 Å². The van der Waals surface area contributed by atoms with Crippen molar-refractivity contribution in [3.8, 4) is 0 Å². The van der Waals surface area contributed by atoms with Gasteiger partial charge in [-0.15, -0.1) is 0 Å². The standard InChI is InChI=1S/C23H30BrN3O4S/c1-16(2)25-23(29)18(4)26(14-19-9-7-10-20(24)13-19)22(28)15-27(32(5,30)31)21-11-6-8-17(3)12-21/h6-13,16,18H,14-15H2,1-5H3,(H,25,29)/t18-/m0/s1. The van der Waals surface area contributed by atoms with Gasteiger partial charge in [0.15, 0.2) is 0 Å². The summed E-state index contributed by atoms with van der Waals surface area (Å²) in [6.07, 6.45) is 1.07. The van der Waals surface area contributed by atoms with Crippen LogP contribution in [0, 0.1) is 6.92 Å². The lowest BCUT2D eigenvalue weighted by Gasteiger charge is -2.32. The number of anilines is 1. The van der Waals surface area contributed by atoms with Crippen LogP contribution in [0.4, 0.5) is 5.69 Å². The number of hydrogen-bond donors (Lipinski definition) is 1. The Bertz CT molecular complexity index is 1070. The quantitative estimate of drug-likeness (QED) is 0.545. The molecule has 174 valence electrons. The van der Waals surface area contributed by atoms with Crippen LogP contribution in [0.15, 0.2) is 53.0 Å². The van der Waals surface area contributed by atoms with Gasteiger partial charge in [-0.1, -0.05) is 40.2 Å². The van der Waals surface area contributed by atoms with E-state index in [1.807, 2.05) is 51.1 Å². The molecule has 0 bridgehead atoms. The maximum Gasteiger partial charge on any atom is 0.244 e. The molecule has 0 heterocycles. The summed E-state index contributed by atoms with van der Waals surface area (Å²) in [4.78, 5) is 27.5. The van der Waals surface area contributed by atoms with Gasteiger partial charge in [-0.3, -0.25) is 13.9 Å². The molecule has 1 N–H and O–H groups in total. The highest BCUT2D eigenvalue weighted by Crippen LogP contribution is 2.21. The first-order valence-electron chi connectivity index (χ1n) is 10.3. The van der Waals surface area contributed by atoms with Crippen LogP contribution in [0.1, 0.15) is 31.9 Å². The van der Waals surface area contributed by atoms with Crippen molar-refractivity contribution in [2.24, 2.45) is 0 Å². The fourth-order valence-corrected chi connectivity index (χ4v) is 4.50. The number of sulfonamides is 1. The Hall–Kier alpha value is -2.39. The molecule has 0 aliphatic carbocycles. The van der Waals surface area contributed by atoms with Crippen LogP contribution in [0.5, 0.6) is 0 Å². The predicted octanol–water partition coefficient (Wildman–Crippen LogP) is 3.47. The second-order valence-electron chi connectivity index (χ2n) is 8.10. The summed E-state index contributed by atoms with van der Waals surface area (Å²) in [5.41, 5.74) is 2.10. The van der Waals surface area contributed by atoms with Gasteiger partial charge in [0, 0.05) is 17.1 Å². The number of nitrogens with zero attached hydrogens (tertiary/aromatic N) is 2. The summed E-state index contributed by atoms with van der Waals surface area (Å²) in [7, 11) is -3.73. The first kappa shape index (κ1) is 25.9. The van der Waals surface area contributed by atoms with Crippen molar-refractivity contribution >= 4 is 43.5 Å². The van der Waals surface area contributed by atoms with E-state index in [0.717, 1.165) is 26.2 Å². The Morgan fingerprint density at radius 1 is 1.06 bits per heavy atom. The molecule has 2 aromatic rings. The highest BCUT2D eigenvalue weighted by molar-refractivity contribution is 9.10. The summed E-state index contributed by atoms with van der Waals surface area (Å²) in [5.74, 6) is -0.770. The number of aryl methyl sites for hydroxylation is 1. The van der Waals surface area contributed by atoms with Gasteiger partial charge in [0.25, 0.3) is 0 Å². The van der Waals surface area contributed by atoms with Gasteiger partial charge in [0.05, 0.1) is 11.9 Å². The van der Waals surface area contributed by atoms with Crippen LogP contribution in [0.25, 0.3) is 0 Å². The Balaban J connectivity index is 2.39. The number of amides is 2. The number of nitrogens with one attached hydrogen (secondary N) is 1. The van der Waals surface area contributed by atoms with Gasteiger partial charge in [0.1, 0.15) is 12.6 Å². The lowest BCUT2D eigenvalue weighted by atomic mass is 10.1. The first-order valence-corrected chi connectivity index (χ1v) is 12.9. The number of rotatable bonds is 9. The second kappa shape index (κ2) is 11.0. The molecule has 1 atom stereocenters. The topological polar surface area (TPSA) is 86.8 Å². The van der Waals surface area contributed by atoms with Crippen molar-refractivity contribution < 1.29 is 18.0 Å². The molecule has 7 nitrogen and oxygen atoms in total. The fraction of sp³-hybridized carbons (Fsp3) is 0.391. The molecular weight excluding hydrogens is 494 g/mol. The molecule has 0 saturated carbocycles. The molecule has 0 spiro atoms. The molecule has 0 unspecified atom stereocenters.